The van der Waals surface area contributed by atoms with Crippen molar-refractivity contribution in [1.29, 1.82) is 0 Å². The van der Waals surface area contributed by atoms with Crippen LogP contribution in [0.25, 0.3) is 0 Å². The molecule has 0 aromatic heterocycles. The first-order valence-corrected chi connectivity index (χ1v) is 4.38. The molecular weight excluding hydrogens is 138 g/mol. The lowest BCUT2D eigenvalue weighted by atomic mass is 10.3. The highest BCUT2D eigenvalue weighted by atomic mass is 16.5. The van der Waals surface area contributed by atoms with E-state index in [1.807, 2.05) is 0 Å². The Morgan fingerprint density at radius 2 is 2.00 bits per heavy atom. The molecule has 0 radical (unpaired) electrons. The van der Waals surface area contributed by atoms with Crippen molar-refractivity contribution < 1.29 is 4.74 Å². The van der Waals surface area contributed by atoms with Crippen LogP contribution < -0.4 is 0 Å². The van der Waals surface area contributed by atoms with Gasteiger partial charge in [-0.05, 0) is 19.8 Å². The van der Waals surface area contributed by atoms with Crippen LogP contribution in [0, 0.1) is 0 Å². The monoisotopic (exact) mass is 157 g/mol. The number of nitrogens with zero attached hydrogens (tertiary/aromatic N) is 1. The summed E-state index contributed by atoms with van der Waals surface area (Å²) < 4.78 is 5.27. The van der Waals surface area contributed by atoms with Gasteiger partial charge >= 0.3 is 0 Å². The molecule has 0 saturated heterocycles. The predicted molar refractivity (Wildman–Crippen MR) is 49.4 cm³/mol. The van der Waals surface area contributed by atoms with Crippen molar-refractivity contribution in [3.05, 3.63) is 0 Å². The highest BCUT2D eigenvalue weighted by molar-refractivity contribution is 5.81. The Balaban J connectivity index is 3.12. The van der Waals surface area contributed by atoms with E-state index in [0.29, 0.717) is 0 Å². The number of hydrogen-bond acceptors (Lipinski definition) is 2. The third-order valence-electron chi connectivity index (χ3n) is 1.48. The van der Waals surface area contributed by atoms with Gasteiger partial charge in [0.2, 0.25) is 0 Å². The van der Waals surface area contributed by atoms with Crippen LogP contribution in [0.5, 0.6) is 0 Å². The minimum Gasteiger partial charge on any atom is -0.380 e. The molecule has 0 spiro atoms. The molecule has 0 unspecified atom stereocenters. The van der Waals surface area contributed by atoms with E-state index in [-0.39, 0.29) is 0 Å². The lowest BCUT2D eigenvalue weighted by Gasteiger charge is -1.99. The molecule has 66 valence electrons. The molecular formula is C9H19NO. The van der Waals surface area contributed by atoms with E-state index >= 15 is 0 Å². The van der Waals surface area contributed by atoms with E-state index < -0.39 is 0 Å². The van der Waals surface area contributed by atoms with Crippen LogP contribution in [0.2, 0.25) is 0 Å². The molecule has 0 atom stereocenters. The average molecular weight is 157 g/mol. The van der Waals surface area contributed by atoms with Gasteiger partial charge in [-0.25, -0.2) is 0 Å². The van der Waals surface area contributed by atoms with Crippen LogP contribution in [0.4, 0.5) is 0 Å². The summed E-state index contributed by atoms with van der Waals surface area (Å²) in [4.78, 5) is 4.31. The second-order valence-corrected chi connectivity index (χ2v) is 2.58. The zero-order valence-electron chi connectivity index (χ0n) is 7.89. The van der Waals surface area contributed by atoms with Crippen LogP contribution in [0.15, 0.2) is 4.99 Å². The molecule has 11 heavy (non-hydrogen) atoms. The molecule has 0 rings (SSSR count). The molecule has 2 heteroatoms. The normalized spacial score (nSPS) is 12.1. The Morgan fingerprint density at radius 3 is 2.55 bits per heavy atom. The van der Waals surface area contributed by atoms with Crippen molar-refractivity contribution in [2.24, 2.45) is 4.99 Å². The summed E-state index contributed by atoms with van der Waals surface area (Å²) in [5, 5.41) is 0. The highest BCUT2D eigenvalue weighted by Gasteiger charge is 1.86. The highest BCUT2D eigenvalue weighted by Crippen LogP contribution is 1.85. The molecule has 0 aliphatic carbocycles. The number of hydrogen-bond donors (Lipinski definition) is 0. The van der Waals surface area contributed by atoms with Gasteiger partial charge in [0.05, 0.1) is 13.2 Å². The minimum absolute atomic E-state index is 0.769. The SMILES string of the molecule is CCCOCCN=C(C)CC. The van der Waals surface area contributed by atoms with Crippen molar-refractivity contribution in [1.82, 2.24) is 0 Å². The van der Waals surface area contributed by atoms with Crippen LogP contribution in [0.1, 0.15) is 33.6 Å². The van der Waals surface area contributed by atoms with Gasteiger partial charge in [-0.2, -0.15) is 0 Å². The van der Waals surface area contributed by atoms with E-state index in [9.17, 15) is 0 Å². The summed E-state index contributed by atoms with van der Waals surface area (Å²) in [7, 11) is 0. The standard InChI is InChI=1S/C9H19NO/c1-4-7-11-8-6-10-9(3)5-2/h4-8H2,1-3H3. The lowest BCUT2D eigenvalue weighted by molar-refractivity contribution is 0.142. The Kier molecular flexibility index (Phi) is 7.47. The van der Waals surface area contributed by atoms with Gasteiger partial charge in [0.25, 0.3) is 0 Å². The summed E-state index contributed by atoms with van der Waals surface area (Å²) in [6, 6.07) is 0. The lowest BCUT2D eigenvalue weighted by Crippen LogP contribution is -2.00. The van der Waals surface area contributed by atoms with Gasteiger partial charge in [0.1, 0.15) is 0 Å². The Bertz CT molecular complexity index is 110. The van der Waals surface area contributed by atoms with Gasteiger partial charge in [0.15, 0.2) is 0 Å². The maximum Gasteiger partial charge on any atom is 0.0661 e. The van der Waals surface area contributed by atoms with Crippen LogP contribution in [-0.4, -0.2) is 25.5 Å². The predicted octanol–water partition coefficient (Wildman–Crippen LogP) is 2.28. The Labute approximate surface area is 69.7 Å². The first kappa shape index (κ1) is 10.6. The fourth-order valence-corrected chi connectivity index (χ4v) is 0.659. The van der Waals surface area contributed by atoms with Crippen LogP contribution in [-0.2, 0) is 4.74 Å². The summed E-state index contributed by atoms with van der Waals surface area (Å²) in [6.07, 6.45) is 2.14. The van der Waals surface area contributed by atoms with Gasteiger partial charge in [-0.1, -0.05) is 13.8 Å². The molecule has 0 amide bonds. The van der Waals surface area contributed by atoms with E-state index in [4.69, 9.17) is 4.74 Å². The van der Waals surface area contributed by atoms with Crippen molar-refractivity contribution in [3.8, 4) is 0 Å². The molecule has 0 bridgehead atoms. The van der Waals surface area contributed by atoms with Crippen molar-refractivity contribution in [3.63, 3.8) is 0 Å². The molecule has 0 aliphatic heterocycles. The quantitative estimate of drug-likeness (QED) is 0.428. The Hall–Kier alpha value is -0.370. The number of ether oxygens (including phenoxy) is 1. The van der Waals surface area contributed by atoms with Crippen molar-refractivity contribution >= 4 is 5.71 Å². The summed E-state index contributed by atoms with van der Waals surface area (Å²) >= 11 is 0. The molecule has 0 fully saturated rings. The van der Waals surface area contributed by atoms with Crippen LogP contribution in [0.3, 0.4) is 0 Å². The second-order valence-electron chi connectivity index (χ2n) is 2.58. The maximum absolute atomic E-state index is 5.27. The topological polar surface area (TPSA) is 21.6 Å². The molecule has 0 heterocycles. The first-order valence-electron chi connectivity index (χ1n) is 4.38. The van der Waals surface area contributed by atoms with E-state index in [1.165, 1.54) is 5.71 Å². The smallest absolute Gasteiger partial charge is 0.0661 e. The maximum atomic E-state index is 5.27. The van der Waals surface area contributed by atoms with Crippen molar-refractivity contribution in [2.45, 2.75) is 33.6 Å². The van der Waals surface area contributed by atoms with Crippen LogP contribution >= 0.6 is 0 Å². The third-order valence-corrected chi connectivity index (χ3v) is 1.48. The summed E-state index contributed by atoms with van der Waals surface area (Å²) in [6.45, 7) is 8.73. The number of aliphatic imine (C=N–C) groups is 1. The first-order chi connectivity index (χ1) is 5.31. The fourth-order valence-electron chi connectivity index (χ4n) is 0.659. The molecule has 2 nitrogen and oxygen atoms in total. The second kappa shape index (κ2) is 7.73. The Morgan fingerprint density at radius 1 is 1.27 bits per heavy atom. The van der Waals surface area contributed by atoms with Gasteiger partial charge < -0.3 is 4.74 Å². The van der Waals surface area contributed by atoms with E-state index in [0.717, 1.165) is 32.6 Å². The van der Waals surface area contributed by atoms with Gasteiger partial charge in [0, 0.05) is 12.3 Å². The van der Waals surface area contributed by atoms with E-state index in [1.54, 1.807) is 0 Å². The molecule has 0 saturated carbocycles. The van der Waals surface area contributed by atoms with E-state index in [2.05, 4.69) is 25.8 Å². The molecule has 0 aromatic rings. The zero-order valence-corrected chi connectivity index (χ0v) is 7.89. The summed E-state index contributed by atoms with van der Waals surface area (Å²) in [5.41, 5.74) is 1.21. The fraction of sp³-hybridized carbons (Fsp3) is 0.889. The van der Waals surface area contributed by atoms with Crippen molar-refractivity contribution in [2.75, 3.05) is 19.8 Å². The molecule has 0 N–H and O–H groups in total. The third kappa shape index (κ3) is 7.53. The minimum atomic E-state index is 0.769. The summed E-state index contributed by atoms with van der Waals surface area (Å²) in [5.74, 6) is 0. The zero-order chi connectivity index (χ0) is 8.53. The average Bonchev–Trinajstić information content (AvgIpc) is 2.04. The van der Waals surface area contributed by atoms with Gasteiger partial charge in [-0.15, -0.1) is 0 Å². The molecule has 0 aliphatic rings. The van der Waals surface area contributed by atoms with Gasteiger partial charge in [-0.3, -0.25) is 4.99 Å². The largest absolute Gasteiger partial charge is 0.380 e. The molecule has 0 aromatic carbocycles. The number of rotatable bonds is 6.